The molecule has 2 heterocycles. The van der Waals surface area contributed by atoms with Gasteiger partial charge >= 0.3 is 0 Å². The van der Waals surface area contributed by atoms with Gasteiger partial charge in [0.1, 0.15) is 11.0 Å². The number of methoxy groups -OCH3 is 1. The number of aromatic nitrogens is 2. The molecule has 1 aromatic heterocycles. The van der Waals surface area contributed by atoms with Crippen LogP contribution >= 0.6 is 15.9 Å². The molecule has 7 nitrogen and oxygen atoms in total. The van der Waals surface area contributed by atoms with E-state index in [2.05, 4.69) is 26.1 Å². The lowest BCUT2D eigenvalue weighted by Gasteiger charge is -2.29. The van der Waals surface area contributed by atoms with Gasteiger partial charge in [-0.25, -0.2) is 0 Å². The third-order valence-corrected chi connectivity index (χ3v) is 6.05. The Bertz CT molecular complexity index is 814. The summed E-state index contributed by atoms with van der Waals surface area (Å²) in [6.07, 6.45) is 3.26. The van der Waals surface area contributed by atoms with E-state index in [1.807, 2.05) is 0 Å². The maximum atomic E-state index is 12.1. The van der Waals surface area contributed by atoms with Crippen molar-refractivity contribution in [3.8, 4) is 5.75 Å². The number of H-pyrrole nitrogens is 1. The van der Waals surface area contributed by atoms with Gasteiger partial charge in [-0.1, -0.05) is 0 Å². The van der Waals surface area contributed by atoms with Crippen LogP contribution in [0.5, 0.6) is 5.75 Å². The summed E-state index contributed by atoms with van der Waals surface area (Å²) >= 11 is 3.40. The lowest BCUT2D eigenvalue weighted by molar-refractivity contribution is 0.0121. The zero-order chi connectivity index (χ0) is 16.6. The zero-order valence-corrected chi connectivity index (χ0v) is 14.9. The van der Waals surface area contributed by atoms with Crippen molar-refractivity contribution < 1.29 is 22.4 Å². The van der Waals surface area contributed by atoms with E-state index in [0.717, 1.165) is 12.8 Å². The standard InChI is InChI=1S/C14H17BrN2O5S/c1-21-10-6-8-7-16-17-13(8)11(12(10)15)14(23(18,19)20)9-4-2-3-5-22-9/h6-7,9,14H,2-5H2,1H3,(H,16,17)(H,18,19,20). The van der Waals surface area contributed by atoms with Crippen molar-refractivity contribution in [1.82, 2.24) is 10.2 Å². The minimum atomic E-state index is -4.39. The van der Waals surface area contributed by atoms with E-state index in [-0.39, 0.29) is 0 Å². The van der Waals surface area contributed by atoms with Gasteiger partial charge in [0, 0.05) is 17.6 Å². The molecule has 0 spiro atoms. The van der Waals surface area contributed by atoms with Crippen molar-refractivity contribution in [3.63, 3.8) is 0 Å². The summed E-state index contributed by atoms with van der Waals surface area (Å²) in [4.78, 5) is 0. The Kier molecular flexibility index (Phi) is 4.63. The van der Waals surface area contributed by atoms with E-state index in [1.54, 1.807) is 12.3 Å². The van der Waals surface area contributed by atoms with E-state index in [9.17, 15) is 13.0 Å². The summed E-state index contributed by atoms with van der Waals surface area (Å²) in [6.45, 7) is 0.477. The Hall–Kier alpha value is -1.16. The third-order valence-electron chi connectivity index (χ3n) is 4.06. The molecule has 0 amide bonds. The van der Waals surface area contributed by atoms with E-state index in [4.69, 9.17) is 9.47 Å². The Morgan fingerprint density at radius 1 is 1.52 bits per heavy atom. The van der Waals surface area contributed by atoms with Crippen molar-refractivity contribution in [1.29, 1.82) is 0 Å². The third kappa shape index (κ3) is 3.10. The molecular formula is C14H17BrN2O5S. The van der Waals surface area contributed by atoms with Gasteiger partial charge in [-0.15, -0.1) is 0 Å². The van der Waals surface area contributed by atoms with Crippen LogP contribution in [0.1, 0.15) is 30.1 Å². The molecule has 2 aromatic rings. The monoisotopic (exact) mass is 404 g/mol. The molecule has 9 heteroatoms. The summed E-state index contributed by atoms with van der Waals surface area (Å²) < 4.78 is 45.5. The van der Waals surface area contributed by atoms with Crippen LogP contribution in [0.2, 0.25) is 0 Å². The largest absolute Gasteiger partial charge is 0.496 e. The molecule has 1 aliphatic heterocycles. The first-order valence-electron chi connectivity index (χ1n) is 7.21. The Morgan fingerprint density at radius 2 is 2.30 bits per heavy atom. The summed E-state index contributed by atoms with van der Waals surface area (Å²) in [5.74, 6) is 0.471. The summed E-state index contributed by atoms with van der Waals surface area (Å²) in [7, 11) is -2.90. The number of halogens is 1. The van der Waals surface area contributed by atoms with Gasteiger partial charge in [0.25, 0.3) is 10.1 Å². The minimum Gasteiger partial charge on any atom is -0.496 e. The molecule has 126 valence electrons. The van der Waals surface area contributed by atoms with E-state index < -0.39 is 21.5 Å². The molecule has 1 fully saturated rings. The number of nitrogens with one attached hydrogen (secondary N) is 1. The van der Waals surface area contributed by atoms with Crippen LogP contribution in [-0.4, -0.2) is 43.0 Å². The fourth-order valence-electron chi connectivity index (χ4n) is 3.01. The highest BCUT2D eigenvalue weighted by Gasteiger charge is 2.39. The molecule has 0 bridgehead atoms. The first-order chi connectivity index (χ1) is 10.9. The predicted octanol–water partition coefficient (Wildman–Crippen LogP) is 2.83. The molecule has 0 radical (unpaired) electrons. The molecule has 3 rings (SSSR count). The first-order valence-corrected chi connectivity index (χ1v) is 9.50. The first kappa shape index (κ1) is 16.7. The SMILES string of the molecule is COc1cc2cn[nH]c2c(C(C2CCCCO2)S(=O)(=O)O)c1Br. The second kappa shape index (κ2) is 6.39. The fourth-order valence-corrected chi connectivity index (χ4v) is 5.02. The molecule has 0 aliphatic carbocycles. The van der Waals surface area contributed by atoms with Gasteiger partial charge in [0.2, 0.25) is 0 Å². The van der Waals surface area contributed by atoms with E-state index in [0.29, 0.717) is 39.7 Å². The highest BCUT2D eigenvalue weighted by atomic mass is 79.9. The smallest absolute Gasteiger partial charge is 0.274 e. The van der Waals surface area contributed by atoms with Gasteiger partial charge in [0.05, 0.1) is 29.4 Å². The summed E-state index contributed by atoms with van der Waals surface area (Å²) in [5.41, 5.74) is 0.917. The number of hydrogen-bond donors (Lipinski definition) is 2. The highest BCUT2D eigenvalue weighted by Crippen LogP contribution is 2.43. The lowest BCUT2D eigenvalue weighted by atomic mass is 9.98. The number of ether oxygens (including phenoxy) is 2. The maximum Gasteiger partial charge on any atom is 0.274 e. The highest BCUT2D eigenvalue weighted by molar-refractivity contribution is 9.10. The van der Waals surface area contributed by atoms with Gasteiger partial charge < -0.3 is 9.47 Å². The quantitative estimate of drug-likeness (QED) is 0.759. The Labute approximate surface area is 142 Å². The van der Waals surface area contributed by atoms with Crippen LogP contribution < -0.4 is 4.74 Å². The Morgan fingerprint density at radius 3 is 2.91 bits per heavy atom. The van der Waals surface area contributed by atoms with Crippen molar-refractivity contribution in [2.24, 2.45) is 0 Å². The fraction of sp³-hybridized carbons (Fsp3) is 0.500. The molecule has 2 N–H and O–H groups in total. The molecule has 0 saturated carbocycles. The number of rotatable bonds is 4. The van der Waals surface area contributed by atoms with Crippen LogP contribution in [0.3, 0.4) is 0 Å². The summed E-state index contributed by atoms with van der Waals surface area (Å²) in [5, 5.41) is 6.26. The van der Waals surface area contributed by atoms with E-state index in [1.165, 1.54) is 7.11 Å². The van der Waals surface area contributed by atoms with Gasteiger partial charge in [-0.05, 0) is 41.3 Å². The number of nitrogens with zero attached hydrogens (tertiary/aromatic N) is 1. The average molecular weight is 405 g/mol. The zero-order valence-electron chi connectivity index (χ0n) is 12.5. The van der Waals surface area contributed by atoms with Gasteiger partial charge in [-0.2, -0.15) is 13.5 Å². The van der Waals surface area contributed by atoms with Gasteiger partial charge in [0.15, 0.2) is 0 Å². The average Bonchev–Trinajstić information content (AvgIpc) is 2.97. The Balaban J connectivity index is 2.25. The van der Waals surface area contributed by atoms with Crippen LogP contribution in [0.4, 0.5) is 0 Å². The topological polar surface area (TPSA) is 102 Å². The summed E-state index contributed by atoms with van der Waals surface area (Å²) in [6, 6.07) is 1.75. The normalized spacial score (nSPS) is 20.6. The molecule has 2 atom stereocenters. The number of hydrogen-bond acceptors (Lipinski definition) is 5. The van der Waals surface area contributed by atoms with Crippen molar-refractivity contribution >= 4 is 37.0 Å². The lowest BCUT2D eigenvalue weighted by Crippen LogP contribution is -2.32. The molecule has 2 unspecified atom stereocenters. The molecule has 1 aliphatic rings. The van der Waals surface area contributed by atoms with Crippen LogP contribution in [-0.2, 0) is 14.9 Å². The van der Waals surface area contributed by atoms with Crippen molar-refractivity contribution in [2.75, 3.05) is 13.7 Å². The predicted molar refractivity (Wildman–Crippen MR) is 88.2 cm³/mol. The molecule has 1 saturated heterocycles. The minimum absolute atomic E-state index is 0.381. The molecule has 23 heavy (non-hydrogen) atoms. The number of benzene rings is 1. The van der Waals surface area contributed by atoms with E-state index >= 15 is 0 Å². The van der Waals surface area contributed by atoms with Crippen molar-refractivity contribution in [2.45, 2.75) is 30.6 Å². The second-order valence-corrected chi connectivity index (χ2v) is 7.81. The van der Waals surface area contributed by atoms with Crippen LogP contribution in [0.25, 0.3) is 10.9 Å². The number of aromatic amines is 1. The van der Waals surface area contributed by atoms with Crippen molar-refractivity contribution in [3.05, 3.63) is 22.3 Å². The molecular weight excluding hydrogens is 388 g/mol. The number of fused-ring (bicyclic) bond motifs is 1. The van der Waals surface area contributed by atoms with Crippen LogP contribution in [0.15, 0.2) is 16.7 Å². The molecule has 1 aromatic carbocycles. The second-order valence-electron chi connectivity index (χ2n) is 5.48. The maximum absolute atomic E-state index is 12.1. The van der Waals surface area contributed by atoms with Crippen LogP contribution in [0, 0.1) is 0 Å². The van der Waals surface area contributed by atoms with Gasteiger partial charge in [-0.3, -0.25) is 9.65 Å².